The standard InChI is InChI=1S/C17H22N2O2/c1-18(14-17(21)19-10-2-3-11-19)13-16-8-6-15(7-9-16)5-4-12-20/h6-9,20H,2-3,10-14H2,1H3. The predicted molar refractivity (Wildman–Crippen MR) is 82.6 cm³/mol. The van der Waals surface area contributed by atoms with Crippen LogP contribution in [-0.2, 0) is 11.3 Å². The number of carbonyl (C=O) groups excluding carboxylic acids is 1. The second-order valence-electron chi connectivity index (χ2n) is 5.42. The Labute approximate surface area is 126 Å². The molecular formula is C17H22N2O2. The van der Waals surface area contributed by atoms with Gasteiger partial charge in [-0.05, 0) is 37.6 Å². The minimum atomic E-state index is -0.122. The first-order chi connectivity index (χ1) is 10.2. The van der Waals surface area contributed by atoms with E-state index in [0.29, 0.717) is 6.54 Å². The molecule has 21 heavy (non-hydrogen) atoms. The molecule has 112 valence electrons. The number of hydrogen-bond acceptors (Lipinski definition) is 3. The zero-order valence-corrected chi connectivity index (χ0v) is 12.5. The molecule has 1 aliphatic rings. The lowest BCUT2D eigenvalue weighted by molar-refractivity contribution is -0.131. The third-order valence-electron chi connectivity index (χ3n) is 3.58. The number of amides is 1. The van der Waals surface area contributed by atoms with E-state index in [2.05, 4.69) is 11.8 Å². The molecule has 1 aliphatic heterocycles. The van der Waals surface area contributed by atoms with Crippen molar-refractivity contribution in [1.82, 2.24) is 9.80 Å². The molecule has 1 amide bonds. The van der Waals surface area contributed by atoms with E-state index in [1.165, 1.54) is 0 Å². The Bertz CT molecular complexity index is 522. The van der Waals surface area contributed by atoms with Crippen LogP contribution in [0.2, 0.25) is 0 Å². The first-order valence-corrected chi connectivity index (χ1v) is 7.34. The number of aliphatic hydroxyl groups is 1. The Morgan fingerprint density at radius 3 is 2.57 bits per heavy atom. The van der Waals surface area contributed by atoms with Gasteiger partial charge in [0.05, 0.1) is 6.54 Å². The number of hydrogen-bond donors (Lipinski definition) is 1. The van der Waals surface area contributed by atoms with Crippen LogP contribution < -0.4 is 0 Å². The lowest BCUT2D eigenvalue weighted by atomic mass is 10.1. The molecule has 4 nitrogen and oxygen atoms in total. The number of carbonyl (C=O) groups is 1. The minimum absolute atomic E-state index is 0.122. The predicted octanol–water partition coefficient (Wildman–Crippen LogP) is 1.08. The van der Waals surface area contributed by atoms with Gasteiger partial charge in [-0.2, -0.15) is 0 Å². The van der Waals surface area contributed by atoms with Crippen LogP contribution in [0.4, 0.5) is 0 Å². The van der Waals surface area contributed by atoms with Gasteiger partial charge in [-0.15, -0.1) is 0 Å². The number of likely N-dealkylation sites (N-methyl/N-ethyl adjacent to an activating group) is 1. The zero-order chi connectivity index (χ0) is 15.1. The number of likely N-dealkylation sites (tertiary alicyclic amines) is 1. The largest absolute Gasteiger partial charge is 0.384 e. The fourth-order valence-electron chi connectivity index (χ4n) is 2.50. The molecule has 1 aromatic rings. The SMILES string of the molecule is CN(CC(=O)N1CCCC1)Cc1ccc(C#CCO)cc1. The first kappa shape index (κ1) is 15.6. The van der Waals surface area contributed by atoms with Crippen LogP contribution in [0.1, 0.15) is 24.0 Å². The molecule has 0 spiro atoms. The van der Waals surface area contributed by atoms with Gasteiger partial charge in [0.25, 0.3) is 0 Å². The van der Waals surface area contributed by atoms with Crippen molar-refractivity contribution in [1.29, 1.82) is 0 Å². The summed E-state index contributed by atoms with van der Waals surface area (Å²) in [6, 6.07) is 7.90. The summed E-state index contributed by atoms with van der Waals surface area (Å²) in [5.74, 6) is 5.72. The topological polar surface area (TPSA) is 43.8 Å². The lowest BCUT2D eigenvalue weighted by Crippen LogP contribution is -2.36. The molecule has 1 fully saturated rings. The summed E-state index contributed by atoms with van der Waals surface area (Å²) in [4.78, 5) is 16.0. The molecule has 1 saturated heterocycles. The van der Waals surface area contributed by atoms with Crippen LogP contribution in [0.3, 0.4) is 0 Å². The maximum absolute atomic E-state index is 12.1. The van der Waals surface area contributed by atoms with Gasteiger partial charge in [0.2, 0.25) is 5.91 Å². The van der Waals surface area contributed by atoms with Crippen molar-refractivity contribution >= 4 is 5.91 Å². The highest BCUT2D eigenvalue weighted by molar-refractivity contribution is 5.78. The van der Waals surface area contributed by atoms with Gasteiger partial charge >= 0.3 is 0 Å². The van der Waals surface area contributed by atoms with Crippen LogP contribution in [0.5, 0.6) is 0 Å². The monoisotopic (exact) mass is 286 g/mol. The van der Waals surface area contributed by atoms with Gasteiger partial charge in [-0.1, -0.05) is 24.0 Å². The average Bonchev–Trinajstić information content (AvgIpc) is 3.01. The van der Waals surface area contributed by atoms with Crippen LogP contribution in [0, 0.1) is 11.8 Å². The van der Waals surface area contributed by atoms with Gasteiger partial charge in [-0.25, -0.2) is 0 Å². The van der Waals surface area contributed by atoms with E-state index in [0.717, 1.165) is 43.6 Å². The number of aliphatic hydroxyl groups excluding tert-OH is 1. The minimum Gasteiger partial charge on any atom is -0.384 e. The van der Waals surface area contributed by atoms with Gasteiger partial charge in [-0.3, -0.25) is 9.69 Å². The van der Waals surface area contributed by atoms with E-state index in [1.54, 1.807) is 0 Å². The van der Waals surface area contributed by atoms with Crippen LogP contribution >= 0.6 is 0 Å². The molecular weight excluding hydrogens is 264 g/mol. The second-order valence-corrected chi connectivity index (χ2v) is 5.42. The van der Waals surface area contributed by atoms with Gasteiger partial charge in [0.1, 0.15) is 6.61 Å². The summed E-state index contributed by atoms with van der Waals surface area (Å²) in [5, 5.41) is 8.66. The van der Waals surface area contributed by atoms with E-state index < -0.39 is 0 Å². The normalized spacial score (nSPS) is 14.1. The van der Waals surface area contributed by atoms with Crippen molar-refractivity contribution in [2.45, 2.75) is 19.4 Å². The van der Waals surface area contributed by atoms with Crippen molar-refractivity contribution in [3.8, 4) is 11.8 Å². The quantitative estimate of drug-likeness (QED) is 0.843. The Hall–Kier alpha value is -1.83. The molecule has 0 aromatic heterocycles. The number of nitrogens with zero attached hydrogens (tertiary/aromatic N) is 2. The highest BCUT2D eigenvalue weighted by Gasteiger charge is 2.18. The maximum atomic E-state index is 12.1. The zero-order valence-electron chi connectivity index (χ0n) is 12.5. The van der Waals surface area contributed by atoms with Crippen molar-refractivity contribution in [3.63, 3.8) is 0 Å². The number of benzene rings is 1. The van der Waals surface area contributed by atoms with Gasteiger partial charge in [0.15, 0.2) is 0 Å². The second kappa shape index (κ2) is 7.82. The maximum Gasteiger partial charge on any atom is 0.236 e. The van der Waals surface area contributed by atoms with E-state index in [9.17, 15) is 4.79 Å². The van der Waals surface area contributed by atoms with Gasteiger partial charge in [0, 0.05) is 25.2 Å². The summed E-state index contributed by atoms with van der Waals surface area (Å²) in [6.45, 7) is 2.90. The van der Waals surface area contributed by atoms with Crippen molar-refractivity contribution in [2.75, 3.05) is 33.3 Å². The summed E-state index contributed by atoms with van der Waals surface area (Å²) < 4.78 is 0. The average molecular weight is 286 g/mol. The molecule has 2 rings (SSSR count). The molecule has 1 heterocycles. The van der Waals surface area contributed by atoms with E-state index >= 15 is 0 Å². The van der Waals surface area contributed by atoms with Crippen molar-refractivity contribution < 1.29 is 9.90 Å². The smallest absolute Gasteiger partial charge is 0.236 e. The molecule has 0 radical (unpaired) electrons. The van der Waals surface area contributed by atoms with Crippen LogP contribution in [0.25, 0.3) is 0 Å². The third kappa shape index (κ3) is 4.89. The van der Waals surface area contributed by atoms with E-state index in [-0.39, 0.29) is 12.5 Å². The van der Waals surface area contributed by atoms with E-state index in [1.807, 2.05) is 41.1 Å². The third-order valence-corrected chi connectivity index (χ3v) is 3.58. The summed E-state index contributed by atoms with van der Waals surface area (Å²) in [5.41, 5.74) is 2.05. The van der Waals surface area contributed by atoms with Crippen LogP contribution in [-0.4, -0.2) is 54.1 Å². The fourth-order valence-corrected chi connectivity index (χ4v) is 2.50. The van der Waals surface area contributed by atoms with Gasteiger partial charge < -0.3 is 10.0 Å². The summed E-state index contributed by atoms with van der Waals surface area (Å²) in [7, 11) is 1.97. The Balaban J connectivity index is 1.84. The Morgan fingerprint density at radius 2 is 1.95 bits per heavy atom. The van der Waals surface area contributed by atoms with Crippen molar-refractivity contribution in [3.05, 3.63) is 35.4 Å². The highest BCUT2D eigenvalue weighted by Crippen LogP contribution is 2.09. The molecule has 1 aromatic carbocycles. The molecule has 0 bridgehead atoms. The van der Waals surface area contributed by atoms with Crippen LogP contribution in [0.15, 0.2) is 24.3 Å². The summed E-state index contributed by atoms with van der Waals surface area (Å²) in [6.07, 6.45) is 2.26. The molecule has 0 atom stereocenters. The lowest BCUT2D eigenvalue weighted by Gasteiger charge is -2.21. The Kier molecular flexibility index (Phi) is 5.79. The number of rotatable bonds is 4. The molecule has 1 N–H and O–H groups in total. The Morgan fingerprint density at radius 1 is 1.29 bits per heavy atom. The molecule has 4 heteroatoms. The molecule has 0 unspecified atom stereocenters. The molecule has 0 aliphatic carbocycles. The van der Waals surface area contributed by atoms with E-state index in [4.69, 9.17) is 5.11 Å². The highest BCUT2D eigenvalue weighted by atomic mass is 16.2. The fraction of sp³-hybridized carbons (Fsp3) is 0.471. The van der Waals surface area contributed by atoms with Crippen molar-refractivity contribution in [2.24, 2.45) is 0 Å². The summed E-state index contributed by atoms with van der Waals surface area (Å²) >= 11 is 0. The first-order valence-electron chi connectivity index (χ1n) is 7.34. The molecule has 0 saturated carbocycles.